The van der Waals surface area contributed by atoms with Crippen LogP contribution in [-0.2, 0) is 25.1 Å². The Kier molecular flexibility index (Phi) is 2.74. The Morgan fingerprint density at radius 3 is 2.47 bits per heavy atom. The maximum atomic E-state index is 11.6. The minimum atomic E-state index is -4.00. The van der Waals surface area contributed by atoms with Crippen molar-refractivity contribution in [2.24, 2.45) is 17.8 Å². The average Bonchev–Trinajstić information content (AvgIpc) is 2.59. The van der Waals surface area contributed by atoms with E-state index < -0.39 is 26.7 Å². The molecule has 1 fully saturated rings. The quantitative estimate of drug-likeness (QED) is 0.533. The first-order valence-corrected chi connectivity index (χ1v) is 7.10. The molecule has 0 heterocycles. The predicted molar refractivity (Wildman–Crippen MR) is 52.6 cm³/mol. The minimum absolute atomic E-state index is 0.0754. The molecule has 5 atom stereocenters. The maximum absolute atomic E-state index is 11.6. The van der Waals surface area contributed by atoms with Crippen LogP contribution in [-0.4, -0.2) is 22.4 Å². The van der Waals surface area contributed by atoms with Gasteiger partial charge in [0.05, 0.1) is 5.25 Å². The highest BCUT2D eigenvalue weighted by Crippen LogP contribution is 2.47. The van der Waals surface area contributed by atoms with Gasteiger partial charge in [0.25, 0.3) is 10.1 Å². The molecule has 0 spiro atoms. The van der Waals surface area contributed by atoms with Crippen LogP contribution in [0.1, 0.15) is 13.3 Å². The normalized spacial score (nSPS) is 40.9. The minimum Gasteiger partial charge on any atom is -0.749 e. The van der Waals surface area contributed by atoms with Crippen LogP contribution in [0.5, 0.6) is 0 Å². The van der Waals surface area contributed by atoms with Gasteiger partial charge in [-0.25, -0.2) is 4.21 Å². The average molecular weight is 251 g/mol. The van der Waals surface area contributed by atoms with Crippen LogP contribution in [0.4, 0.5) is 0 Å². The summed E-state index contributed by atoms with van der Waals surface area (Å²) in [5.74, 6) is 0.0607. The Balaban J connectivity index is 2.25. The molecule has 5 nitrogen and oxygen atoms in total. The summed E-state index contributed by atoms with van der Waals surface area (Å²) in [6.07, 6.45) is 4.61. The smallest absolute Gasteiger partial charge is 0.283 e. The molecule has 2 aliphatic carbocycles. The van der Waals surface area contributed by atoms with Crippen LogP contribution in [0, 0.1) is 17.8 Å². The second kappa shape index (κ2) is 3.65. The lowest BCUT2D eigenvalue weighted by Gasteiger charge is -2.23. The maximum Gasteiger partial charge on any atom is 0.283 e. The van der Waals surface area contributed by atoms with E-state index in [-0.39, 0.29) is 17.8 Å². The zero-order valence-corrected chi connectivity index (χ0v) is 9.66. The van der Waals surface area contributed by atoms with Crippen LogP contribution in [0.2, 0.25) is 0 Å². The van der Waals surface area contributed by atoms with Crippen LogP contribution in [0.25, 0.3) is 0 Å². The summed E-state index contributed by atoms with van der Waals surface area (Å²) < 4.78 is 47.7. The molecule has 0 aromatic heterocycles. The van der Waals surface area contributed by atoms with Crippen LogP contribution in [0.15, 0.2) is 12.2 Å². The van der Waals surface area contributed by atoms with Gasteiger partial charge in [0, 0.05) is 0 Å². The van der Waals surface area contributed by atoms with Crippen LogP contribution in [0.3, 0.4) is 0 Å². The molecule has 7 heteroatoms. The van der Waals surface area contributed by atoms with E-state index >= 15 is 0 Å². The van der Waals surface area contributed by atoms with Gasteiger partial charge in [0.2, 0.25) is 0 Å². The van der Waals surface area contributed by atoms with Crippen molar-refractivity contribution in [3.63, 3.8) is 0 Å². The standard InChI is InChI=1S/C8H12O5S2/c1-5-6-2-3-7(4-6)8(5)15(11,12)13-14(9)10/h2-3,5-8H,4H2,1H3,(H,9,10)/p-1. The summed E-state index contributed by atoms with van der Waals surface area (Å²) >= 11 is -3.01. The van der Waals surface area contributed by atoms with E-state index in [1.54, 1.807) is 0 Å². The first-order valence-electron chi connectivity index (χ1n) is 4.63. The monoisotopic (exact) mass is 251 g/mol. The Bertz CT molecular complexity index is 413. The Morgan fingerprint density at radius 1 is 1.40 bits per heavy atom. The fourth-order valence-electron chi connectivity index (χ4n) is 2.62. The van der Waals surface area contributed by atoms with Crippen LogP contribution < -0.4 is 0 Å². The highest BCUT2D eigenvalue weighted by Gasteiger charge is 2.49. The van der Waals surface area contributed by atoms with E-state index in [0.717, 1.165) is 6.42 Å². The van der Waals surface area contributed by atoms with E-state index in [0.29, 0.717) is 0 Å². The van der Waals surface area contributed by atoms with Crippen molar-refractivity contribution >= 4 is 21.5 Å². The molecular formula is C8H11O5S2-. The van der Waals surface area contributed by atoms with Gasteiger partial charge in [-0.1, -0.05) is 19.1 Å². The van der Waals surface area contributed by atoms with Gasteiger partial charge in [-0.2, -0.15) is 12.0 Å². The van der Waals surface area contributed by atoms with E-state index in [1.807, 2.05) is 19.1 Å². The predicted octanol–water partition coefficient (Wildman–Crippen LogP) is 0.338. The Labute approximate surface area is 91.1 Å². The number of fused-ring (bicyclic) bond motifs is 2. The van der Waals surface area contributed by atoms with E-state index in [9.17, 15) is 17.2 Å². The van der Waals surface area contributed by atoms with Gasteiger partial charge in [-0.15, -0.1) is 0 Å². The third-order valence-electron chi connectivity index (χ3n) is 3.25. The lowest BCUT2D eigenvalue weighted by atomic mass is 9.95. The molecule has 0 saturated heterocycles. The molecule has 5 unspecified atom stereocenters. The highest BCUT2D eigenvalue weighted by atomic mass is 32.3. The lowest BCUT2D eigenvalue weighted by molar-refractivity contribution is 0.401. The van der Waals surface area contributed by atoms with Crippen molar-refractivity contribution in [2.45, 2.75) is 18.6 Å². The first kappa shape index (κ1) is 11.3. The van der Waals surface area contributed by atoms with Gasteiger partial charge in [-0.3, -0.25) is 0 Å². The summed E-state index contributed by atoms with van der Waals surface area (Å²) in [6, 6.07) is 0. The van der Waals surface area contributed by atoms with E-state index in [4.69, 9.17) is 0 Å². The number of hydrogen-bond acceptors (Lipinski definition) is 5. The topological polar surface area (TPSA) is 83.5 Å². The molecular weight excluding hydrogens is 240 g/mol. The van der Waals surface area contributed by atoms with Gasteiger partial charge < -0.3 is 4.55 Å². The zero-order chi connectivity index (χ0) is 11.2. The summed E-state index contributed by atoms with van der Waals surface area (Å²) in [5.41, 5.74) is 0. The molecule has 15 heavy (non-hydrogen) atoms. The largest absolute Gasteiger partial charge is 0.749 e. The number of hydrogen-bond donors (Lipinski definition) is 0. The Morgan fingerprint density at radius 2 is 2.00 bits per heavy atom. The summed E-state index contributed by atoms with van der Waals surface area (Å²) in [4.78, 5) is 0. The summed E-state index contributed by atoms with van der Waals surface area (Å²) in [5, 5.41) is -0.717. The highest BCUT2D eigenvalue weighted by molar-refractivity contribution is 7.95. The van der Waals surface area contributed by atoms with Gasteiger partial charge in [-0.05, 0) is 24.2 Å². The fourth-order valence-corrected chi connectivity index (χ4v) is 4.96. The molecule has 0 aliphatic heterocycles. The number of allylic oxidation sites excluding steroid dienone is 2. The summed E-state index contributed by atoms with van der Waals surface area (Å²) in [6.45, 7) is 1.81. The molecule has 0 N–H and O–H groups in total. The van der Waals surface area contributed by atoms with Crippen molar-refractivity contribution in [2.75, 3.05) is 0 Å². The van der Waals surface area contributed by atoms with Crippen molar-refractivity contribution in [1.82, 2.24) is 0 Å². The second-order valence-corrected chi connectivity index (χ2v) is 6.52. The molecule has 2 aliphatic rings. The van der Waals surface area contributed by atoms with E-state index in [2.05, 4.69) is 3.63 Å². The van der Waals surface area contributed by atoms with Gasteiger partial charge in [0.1, 0.15) is 11.4 Å². The van der Waals surface area contributed by atoms with Crippen molar-refractivity contribution in [3.05, 3.63) is 12.2 Å². The molecule has 2 bridgehead atoms. The molecule has 0 aromatic carbocycles. The van der Waals surface area contributed by atoms with Crippen molar-refractivity contribution < 1.29 is 20.8 Å². The Hall–Kier alpha value is -0.240. The summed E-state index contributed by atoms with van der Waals surface area (Å²) in [7, 11) is -4.00. The molecule has 86 valence electrons. The molecule has 1 saturated carbocycles. The van der Waals surface area contributed by atoms with Crippen LogP contribution >= 0.6 is 0 Å². The van der Waals surface area contributed by atoms with E-state index in [1.165, 1.54) is 0 Å². The molecule has 2 rings (SSSR count). The van der Waals surface area contributed by atoms with Gasteiger partial charge >= 0.3 is 0 Å². The third kappa shape index (κ3) is 1.89. The van der Waals surface area contributed by atoms with Crippen molar-refractivity contribution in [1.29, 1.82) is 0 Å². The lowest BCUT2D eigenvalue weighted by Crippen LogP contribution is -2.33. The SMILES string of the molecule is CC1C2C=CC(C2)C1S(=O)(=O)OS(=O)[O-]. The molecule has 0 radical (unpaired) electrons. The molecule has 0 aromatic rings. The second-order valence-electron chi connectivity index (χ2n) is 4.04. The fraction of sp³-hybridized carbons (Fsp3) is 0.750. The number of rotatable bonds is 3. The molecule has 0 amide bonds. The van der Waals surface area contributed by atoms with Crippen molar-refractivity contribution in [3.8, 4) is 0 Å². The third-order valence-corrected chi connectivity index (χ3v) is 5.90. The zero-order valence-electron chi connectivity index (χ0n) is 8.03. The van der Waals surface area contributed by atoms with Gasteiger partial charge in [0.15, 0.2) is 0 Å². The first-order chi connectivity index (χ1) is 6.92.